The van der Waals surface area contributed by atoms with Gasteiger partial charge in [0.05, 0.1) is 11.0 Å². The molecule has 0 radical (unpaired) electrons. The molecule has 0 bridgehead atoms. The van der Waals surface area contributed by atoms with E-state index in [2.05, 4.69) is 62.4 Å². The predicted molar refractivity (Wildman–Crippen MR) is 226 cm³/mol. The highest BCUT2D eigenvalue weighted by Crippen LogP contribution is 2.51. The number of rotatable bonds is 4. The Bertz CT molecular complexity index is 3420. The Morgan fingerprint density at radius 1 is 0.426 bits per heavy atom. The third-order valence-electron chi connectivity index (χ3n) is 11.2. The van der Waals surface area contributed by atoms with Crippen LogP contribution in [-0.4, -0.2) is 0 Å². The molecule has 0 saturated carbocycles. The molecule has 1 aliphatic heterocycles. The zero-order valence-corrected chi connectivity index (χ0v) is 29.6. The van der Waals surface area contributed by atoms with Crippen molar-refractivity contribution in [2.75, 3.05) is 0 Å². The van der Waals surface area contributed by atoms with Gasteiger partial charge in [-0.05, 0) is 143 Å². The summed E-state index contributed by atoms with van der Waals surface area (Å²) in [5, 5.41) is 3.67. The zero-order valence-electron chi connectivity index (χ0n) is 37.6. The number of benzene rings is 9. The van der Waals surface area contributed by atoms with Gasteiger partial charge in [0.1, 0.15) is 11.5 Å². The van der Waals surface area contributed by atoms with Crippen molar-refractivity contribution in [3.63, 3.8) is 0 Å². The van der Waals surface area contributed by atoms with Crippen LogP contribution in [0.5, 0.6) is 11.5 Å². The summed E-state index contributed by atoms with van der Waals surface area (Å²) in [4.78, 5) is 0. The van der Waals surface area contributed by atoms with Crippen LogP contribution in [0.25, 0.3) is 88.3 Å². The lowest BCUT2D eigenvalue weighted by Crippen LogP contribution is -2.14. The van der Waals surface area contributed by atoms with Crippen LogP contribution in [0.3, 0.4) is 0 Å². The second-order valence-electron chi connectivity index (χ2n) is 14.6. The fourth-order valence-electron chi connectivity index (χ4n) is 8.50. The van der Waals surface area contributed by atoms with Gasteiger partial charge >= 0.3 is 0 Å². The summed E-state index contributed by atoms with van der Waals surface area (Å²) in [6, 6.07) is 42.2. The molecule has 54 heavy (non-hydrogen) atoms. The molecule has 1 aliphatic carbocycles. The van der Waals surface area contributed by atoms with E-state index in [1.54, 1.807) is 12.1 Å². The molecule has 0 saturated heterocycles. The van der Waals surface area contributed by atoms with Crippen LogP contribution in [0.1, 0.15) is 35.9 Å². The van der Waals surface area contributed by atoms with Gasteiger partial charge in [0.2, 0.25) is 0 Å². The van der Waals surface area contributed by atoms with Gasteiger partial charge in [0.25, 0.3) is 0 Å². The van der Waals surface area contributed by atoms with E-state index in [4.69, 9.17) is 11.6 Å². The maximum Gasteiger partial charge on any atom is 0.135 e. The van der Waals surface area contributed by atoms with Crippen molar-refractivity contribution >= 4 is 21.5 Å². The van der Waals surface area contributed by atoms with Gasteiger partial charge in [-0.3, -0.25) is 0 Å². The van der Waals surface area contributed by atoms with E-state index < -0.39 is 18.1 Å². The molecular weight excluding hydrogens is 653 g/mol. The number of fused-ring (bicyclic) bond motifs is 6. The van der Waals surface area contributed by atoms with E-state index in [1.165, 1.54) is 22.3 Å². The minimum atomic E-state index is -0.447. The molecule has 0 spiro atoms. The second-order valence-corrected chi connectivity index (χ2v) is 14.6. The summed E-state index contributed by atoms with van der Waals surface area (Å²) in [6.07, 6.45) is 0. The molecule has 0 atom stereocenters. The van der Waals surface area contributed by atoms with E-state index in [0.29, 0.717) is 39.3 Å². The topological polar surface area (TPSA) is 9.23 Å². The fraction of sp³-hybridized carbons (Fsp3) is 0.0566. The van der Waals surface area contributed by atoms with Gasteiger partial charge in [-0.2, -0.15) is 0 Å². The van der Waals surface area contributed by atoms with Gasteiger partial charge < -0.3 is 4.74 Å². The molecule has 0 unspecified atom stereocenters. The number of hydrogen-bond donors (Lipinski definition) is 0. The molecular formula is C53H36O. The summed E-state index contributed by atoms with van der Waals surface area (Å²) < 4.78 is 77.6. The van der Waals surface area contributed by atoms with Crippen LogP contribution in [0.4, 0.5) is 0 Å². The van der Waals surface area contributed by atoms with Crippen LogP contribution in [-0.2, 0) is 5.41 Å². The Balaban J connectivity index is 1.10. The maximum atomic E-state index is 9.95. The number of hydrogen-bond acceptors (Lipinski definition) is 1. The Hall–Kier alpha value is -6.70. The Morgan fingerprint density at radius 2 is 1.15 bits per heavy atom. The molecule has 0 N–H and O–H groups in total. The predicted octanol–water partition coefficient (Wildman–Crippen LogP) is 14.7. The third-order valence-corrected chi connectivity index (χ3v) is 11.2. The first kappa shape index (κ1) is 23.8. The van der Waals surface area contributed by atoms with Crippen LogP contribution in [0.2, 0.25) is 0 Å². The quantitative estimate of drug-likeness (QED) is 0.178. The molecule has 1 nitrogen and oxygen atoms in total. The van der Waals surface area contributed by atoms with Crippen LogP contribution < -0.4 is 4.74 Å². The van der Waals surface area contributed by atoms with E-state index >= 15 is 0 Å². The maximum absolute atomic E-state index is 9.95. The van der Waals surface area contributed by atoms with Crippen LogP contribution >= 0.6 is 0 Å². The lowest BCUT2D eigenvalue weighted by molar-refractivity contribution is 0.487. The van der Waals surface area contributed by atoms with Crippen molar-refractivity contribution in [3.05, 3.63) is 193 Å². The summed E-state index contributed by atoms with van der Waals surface area (Å²) in [5.74, 6) is 1.03. The zero-order chi connectivity index (χ0) is 42.9. The molecule has 2 aliphatic rings. The third kappa shape index (κ3) is 4.72. The highest BCUT2D eigenvalue weighted by Gasteiger charge is 2.35. The van der Waals surface area contributed by atoms with Gasteiger partial charge in [-0.1, -0.05) is 141 Å². The van der Waals surface area contributed by atoms with E-state index in [1.807, 2.05) is 72.8 Å². The summed E-state index contributed by atoms with van der Waals surface area (Å²) in [6.45, 7) is 4.52. The molecule has 9 aromatic rings. The molecule has 0 aromatic heterocycles. The fourth-order valence-corrected chi connectivity index (χ4v) is 8.50. The van der Waals surface area contributed by atoms with E-state index in [0.717, 1.165) is 43.8 Å². The highest BCUT2D eigenvalue weighted by molar-refractivity contribution is 6.10. The molecule has 1 heteroatoms. The highest BCUT2D eigenvalue weighted by atomic mass is 16.5. The van der Waals surface area contributed by atoms with Gasteiger partial charge in [0.15, 0.2) is 0 Å². The van der Waals surface area contributed by atoms with E-state index in [9.17, 15) is 4.11 Å². The van der Waals surface area contributed by atoms with Crippen molar-refractivity contribution in [2.45, 2.75) is 19.3 Å². The normalized spacial score (nSPS) is 15.4. The van der Waals surface area contributed by atoms with Crippen molar-refractivity contribution < 1.29 is 15.7 Å². The largest absolute Gasteiger partial charge is 0.456 e. The molecule has 254 valence electrons. The lowest BCUT2D eigenvalue weighted by Gasteiger charge is -2.23. The van der Waals surface area contributed by atoms with Crippen molar-refractivity contribution in [1.29, 1.82) is 0 Å². The average molecular weight is 697 g/mol. The van der Waals surface area contributed by atoms with Crippen LogP contribution in [0.15, 0.2) is 182 Å². The standard InChI is InChI=1S/C53H36O/c1-53(2)48-19-10-9-16-43(48)47-30-36-21-20-35(26-40(36)31-49(47)53)39-27-38(34-14-7-4-8-15-34)28-41(29-39)42-24-25-50-52-45(42)17-11-18-46(52)44-23-22-37(32-51(44)54-50)33-12-5-3-6-13-33/h3-32H,1-2H3/i3D,5D,6D,12D,13D,27D,28D,29D. The molecule has 1 heterocycles. The van der Waals surface area contributed by atoms with Gasteiger partial charge in [-0.15, -0.1) is 0 Å². The first-order valence-electron chi connectivity index (χ1n) is 22.2. The molecule has 0 fully saturated rings. The Morgan fingerprint density at radius 3 is 2.02 bits per heavy atom. The minimum Gasteiger partial charge on any atom is -0.456 e. The Kier molecular flexibility index (Phi) is 5.13. The first-order chi connectivity index (χ1) is 29.8. The molecule has 9 aromatic carbocycles. The van der Waals surface area contributed by atoms with E-state index in [-0.39, 0.29) is 41.2 Å². The SMILES string of the molecule is [2H]c1c([2H])c([2H])c(-c2ccc3c(c2)Oc2ccc(-c4c([2H])c(-c5ccccc5)c([2H])c(-c5ccc6cc7c(cc6c5)C(C)(C)c5ccccc5-7)c4[2H])c4cccc-3c24)c([2H])c1[2H]. The number of ether oxygens (including phenoxy) is 1. The van der Waals surface area contributed by atoms with Crippen molar-refractivity contribution in [1.82, 2.24) is 0 Å². The lowest BCUT2D eigenvalue weighted by atomic mass is 9.82. The van der Waals surface area contributed by atoms with Gasteiger partial charge in [-0.25, -0.2) is 0 Å². The summed E-state index contributed by atoms with van der Waals surface area (Å²) in [5.41, 5.74) is 10.4. The van der Waals surface area contributed by atoms with Gasteiger partial charge in [0, 0.05) is 16.4 Å². The monoisotopic (exact) mass is 696 g/mol. The molecule has 0 amide bonds. The Labute approximate surface area is 327 Å². The van der Waals surface area contributed by atoms with Crippen LogP contribution in [0, 0.1) is 0 Å². The van der Waals surface area contributed by atoms with Crippen molar-refractivity contribution in [2.24, 2.45) is 0 Å². The minimum absolute atomic E-state index is 0.0917. The second kappa shape index (κ2) is 11.7. The molecule has 11 rings (SSSR count). The average Bonchev–Trinajstić information content (AvgIpc) is 3.50. The van der Waals surface area contributed by atoms with Crippen molar-refractivity contribution in [3.8, 4) is 78.3 Å². The summed E-state index contributed by atoms with van der Waals surface area (Å²) in [7, 11) is 0. The first-order valence-corrected chi connectivity index (χ1v) is 18.2. The summed E-state index contributed by atoms with van der Waals surface area (Å²) >= 11 is 0. The smallest absolute Gasteiger partial charge is 0.135 e.